The summed E-state index contributed by atoms with van der Waals surface area (Å²) in [4.78, 5) is 0. The number of aryl methyl sites for hydroxylation is 1. The molecule has 1 N–H and O–H groups in total. The van der Waals surface area contributed by atoms with Gasteiger partial charge in [-0.2, -0.15) is 0 Å². The van der Waals surface area contributed by atoms with Gasteiger partial charge in [0.05, 0.1) is 6.04 Å². The van der Waals surface area contributed by atoms with Gasteiger partial charge >= 0.3 is 0 Å². The zero-order chi connectivity index (χ0) is 15.2. The van der Waals surface area contributed by atoms with Crippen LogP contribution in [0.1, 0.15) is 68.2 Å². The van der Waals surface area contributed by atoms with Crippen molar-refractivity contribution in [3.05, 3.63) is 59.0 Å². The van der Waals surface area contributed by atoms with Crippen molar-refractivity contribution in [3.63, 3.8) is 0 Å². The quantitative estimate of drug-likeness (QED) is 0.757. The van der Waals surface area contributed by atoms with E-state index in [2.05, 4.69) is 56.4 Å². The molecule has 0 aliphatic heterocycles. The minimum atomic E-state index is 0.143. The van der Waals surface area contributed by atoms with Crippen LogP contribution in [0.5, 0.6) is 0 Å². The van der Waals surface area contributed by atoms with Crippen LogP contribution in [0.25, 0.3) is 0 Å². The molecule has 1 aromatic heterocycles. The van der Waals surface area contributed by atoms with Crippen LogP contribution in [-0.4, -0.2) is 6.54 Å². The summed E-state index contributed by atoms with van der Waals surface area (Å²) in [6.45, 7) is 9.67. The molecule has 0 aliphatic carbocycles. The Morgan fingerprint density at radius 3 is 2.19 bits per heavy atom. The van der Waals surface area contributed by atoms with E-state index < -0.39 is 0 Å². The van der Waals surface area contributed by atoms with Gasteiger partial charge in [-0.05, 0) is 55.5 Å². The predicted molar refractivity (Wildman–Crippen MR) is 88.7 cm³/mol. The lowest BCUT2D eigenvalue weighted by atomic mass is 9.95. The average molecular weight is 285 g/mol. The van der Waals surface area contributed by atoms with Crippen molar-refractivity contribution >= 4 is 0 Å². The normalized spacial score (nSPS) is 14.1. The third kappa shape index (κ3) is 3.98. The van der Waals surface area contributed by atoms with Gasteiger partial charge in [0.2, 0.25) is 0 Å². The summed E-state index contributed by atoms with van der Waals surface area (Å²) in [6.07, 6.45) is 2.29. The Bertz CT molecular complexity index is 541. The van der Waals surface area contributed by atoms with E-state index in [9.17, 15) is 0 Å². The van der Waals surface area contributed by atoms with Crippen LogP contribution in [0, 0.1) is 6.92 Å². The van der Waals surface area contributed by atoms with Crippen molar-refractivity contribution in [3.8, 4) is 0 Å². The molecular weight excluding hydrogens is 258 g/mol. The second-order valence-electron chi connectivity index (χ2n) is 5.81. The van der Waals surface area contributed by atoms with Gasteiger partial charge in [0.15, 0.2) is 0 Å². The first-order valence-electron chi connectivity index (χ1n) is 8.05. The smallest absolute Gasteiger partial charge is 0.125 e. The molecule has 2 heteroatoms. The van der Waals surface area contributed by atoms with Crippen molar-refractivity contribution in [1.82, 2.24) is 5.32 Å². The van der Waals surface area contributed by atoms with Crippen molar-refractivity contribution in [2.45, 2.75) is 52.5 Å². The lowest BCUT2D eigenvalue weighted by Gasteiger charge is -2.18. The highest BCUT2D eigenvalue weighted by molar-refractivity contribution is 5.31. The van der Waals surface area contributed by atoms with E-state index in [4.69, 9.17) is 4.42 Å². The summed E-state index contributed by atoms with van der Waals surface area (Å²) in [5.74, 6) is 2.58. The number of hydrogen-bond acceptors (Lipinski definition) is 2. The van der Waals surface area contributed by atoms with Crippen LogP contribution >= 0.6 is 0 Å². The highest BCUT2D eigenvalue weighted by Crippen LogP contribution is 2.26. The zero-order valence-corrected chi connectivity index (χ0v) is 13.6. The van der Waals surface area contributed by atoms with Gasteiger partial charge < -0.3 is 9.73 Å². The van der Waals surface area contributed by atoms with E-state index in [1.54, 1.807) is 0 Å². The van der Waals surface area contributed by atoms with Crippen LogP contribution in [0.15, 0.2) is 40.8 Å². The van der Waals surface area contributed by atoms with Gasteiger partial charge in [-0.3, -0.25) is 0 Å². The molecule has 0 saturated heterocycles. The topological polar surface area (TPSA) is 25.2 Å². The molecule has 2 unspecified atom stereocenters. The molecule has 0 amide bonds. The Hall–Kier alpha value is -1.54. The van der Waals surface area contributed by atoms with Crippen molar-refractivity contribution < 1.29 is 4.42 Å². The summed E-state index contributed by atoms with van der Waals surface area (Å²) < 4.78 is 5.83. The number of hydrogen-bond donors (Lipinski definition) is 1. The van der Waals surface area contributed by atoms with Crippen molar-refractivity contribution in [2.24, 2.45) is 0 Å². The molecule has 0 saturated carbocycles. The molecule has 0 spiro atoms. The summed E-state index contributed by atoms with van der Waals surface area (Å²) in [6, 6.07) is 13.2. The maximum atomic E-state index is 5.83. The Morgan fingerprint density at radius 2 is 1.67 bits per heavy atom. The first-order valence-corrected chi connectivity index (χ1v) is 8.05. The maximum Gasteiger partial charge on any atom is 0.125 e. The maximum absolute atomic E-state index is 5.83. The number of nitrogens with one attached hydrogen (secondary N) is 1. The Morgan fingerprint density at radius 1 is 1.00 bits per heavy atom. The summed E-state index contributed by atoms with van der Waals surface area (Å²) >= 11 is 0. The molecule has 0 bridgehead atoms. The van der Waals surface area contributed by atoms with Gasteiger partial charge in [0.25, 0.3) is 0 Å². The van der Waals surface area contributed by atoms with Crippen LogP contribution in [0.2, 0.25) is 0 Å². The molecule has 114 valence electrons. The van der Waals surface area contributed by atoms with E-state index in [0.29, 0.717) is 5.92 Å². The number of furan rings is 1. The number of benzene rings is 1. The number of rotatable bonds is 7. The van der Waals surface area contributed by atoms with E-state index >= 15 is 0 Å². The lowest BCUT2D eigenvalue weighted by molar-refractivity contribution is 0.430. The first kappa shape index (κ1) is 15.8. The molecule has 2 aromatic rings. The Labute approximate surface area is 128 Å². The molecule has 2 nitrogen and oxygen atoms in total. The molecule has 1 aromatic carbocycles. The second-order valence-corrected chi connectivity index (χ2v) is 5.81. The van der Waals surface area contributed by atoms with Gasteiger partial charge in [-0.25, -0.2) is 0 Å². The summed E-state index contributed by atoms with van der Waals surface area (Å²) in [7, 11) is 0. The highest BCUT2D eigenvalue weighted by atomic mass is 16.3. The highest BCUT2D eigenvalue weighted by Gasteiger charge is 2.17. The predicted octanol–water partition coefficient (Wildman–Crippen LogP) is 5.19. The van der Waals surface area contributed by atoms with E-state index in [1.165, 1.54) is 17.5 Å². The van der Waals surface area contributed by atoms with Crippen molar-refractivity contribution in [1.29, 1.82) is 0 Å². The van der Waals surface area contributed by atoms with Gasteiger partial charge in [-0.1, -0.05) is 45.0 Å². The SMILES string of the molecule is CCCNC(c1ccc(C(C)CC)cc1)c1ccc(C)o1. The molecule has 21 heavy (non-hydrogen) atoms. The fourth-order valence-corrected chi connectivity index (χ4v) is 2.53. The first-order chi connectivity index (χ1) is 10.2. The summed E-state index contributed by atoms with van der Waals surface area (Å²) in [5, 5.41) is 3.58. The molecule has 0 aliphatic rings. The van der Waals surface area contributed by atoms with E-state index in [1.807, 2.05) is 13.0 Å². The largest absolute Gasteiger partial charge is 0.464 e. The Balaban J connectivity index is 2.24. The van der Waals surface area contributed by atoms with Gasteiger partial charge in [0, 0.05) is 0 Å². The Kier molecular flexibility index (Phi) is 5.63. The molecular formula is C19H27NO. The summed E-state index contributed by atoms with van der Waals surface area (Å²) in [5.41, 5.74) is 2.68. The van der Waals surface area contributed by atoms with Crippen LogP contribution in [-0.2, 0) is 0 Å². The van der Waals surface area contributed by atoms with Gasteiger partial charge in [-0.15, -0.1) is 0 Å². The third-order valence-electron chi connectivity index (χ3n) is 4.10. The minimum Gasteiger partial charge on any atom is -0.464 e. The zero-order valence-electron chi connectivity index (χ0n) is 13.6. The lowest BCUT2D eigenvalue weighted by Crippen LogP contribution is -2.22. The van der Waals surface area contributed by atoms with E-state index in [-0.39, 0.29) is 6.04 Å². The van der Waals surface area contributed by atoms with Crippen LogP contribution < -0.4 is 5.32 Å². The molecule has 0 radical (unpaired) electrons. The molecule has 2 rings (SSSR count). The standard InChI is InChI=1S/C19H27NO/c1-5-13-20-19(18-12-7-15(4)21-18)17-10-8-16(9-11-17)14(3)6-2/h7-12,14,19-20H,5-6,13H2,1-4H3. The molecule has 2 atom stereocenters. The monoisotopic (exact) mass is 285 g/mol. The van der Waals surface area contributed by atoms with Crippen molar-refractivity contribution in [2.75, 3.05) is 6.54 Å². The van der Waals surface area contributed by atoms with Gasteiger partial charge in [0.1, 0.15) is 11.5 Å². The van der Waals surface area contributed by atoms with E-state index in [0.717, 1.165) is 24.5 Å². The van der Waals surface area contributed by atoms with Crippen LogP contribution in [0.3, 0.4) is 0 Å². The second kappa shape index (κ2) is 7.46. The molecule has 0 fully saturated rings. The minimum absolute atomic E-state index is 0.143. The molecule has 1 heterocycles. The van der Waals surface area contributed by atoms with Crippen LogP contribution in [0.4, 0.5) is 0 Å². The fraction of sp³-hybridized carbons (Fsp3) is 0.474. The average Bonchev–Trinajstić information content (AvgIpc) is 2.94. The fourth-order valence-electron chi connectivity index (χ4n) is 2.53. The third-order valence-corrected chi connectivity index (χ3v) is 4.10.